The zero-order chi connectivity index (χ0) is 14.6. The number of rotatable bonds is 5. The Bertz CT molecular complexity index is 593. The Kier molecular flexibility index (Phi) is 4.97. The van der Waals surface area contributed by atoms with E-state index >= 15 is 0 Å². The number of benzene rings is 1. The number of halogens is 1. The molecule has 0 aromatic heterocycles. The fourth-order valence-corrected chi connectivity index (χ4v) is 3.22. The third-order valence-corrected chi connectivity index (χ3v) is 4.61. The number of carboxylic acids is 1. The molecule has 0 aliphatic rings. The summed E-state index contributed by atoms with van der Waals surface area (Å²) in [5, 5.41) is 9.44. The van der Waals surface area contributed by atoms with Crippen LogP contribution >= 0.6 is 11.6 Å². The molecule has 19 heavy (non-hydrogen) atoms. The van der Waals surface area contributed by atoms with Crippen LogP contribution in [-0.2, 0) is 14.8 Å². The summed E-state index contributed by atoms with van der Waals surface area (Å²) in [4.78, 5) is 11.1. The van der Waals surface area contributed by atoms with Crippen molar-refractivity contribution in [3.63, 3.8) is 0 Å². The van der Waals surface area contributed by atoms with Gasteiger partial charge in [-0.05, 0) is 38.1 Å². The minimum atomic E-state index is -3.90. The number of carbonyl (C=O) groups is 1. The van der Waals surface area contributed by atoms with Crippen molar-refractivity contribution in [1.29, 1.82) is 0 Å². The Morgan fingerprint density at radius 3 is 2.26 bits per heavy atom. The molecular weight excluding hydrogens is 290 g/mol. The Morgan fingerprint density at radius 2 is 1.89 bits per heavy atom. The molecule has 1 N–H and O–H groups in total. The average Bonchev–Trinajstić information content (AvgIpc) is 2.35. The van der Waals surface area contributed by atoms with Crippen LogP contribution in [0.3, 0.4) is 0 Å². The second-order valence-corrected chi connectivity index (χ2v) is 5.90. The fraction of sp³-hybridized carbons (Fsp3) is 0.250. The summed E-state index contributed by atoms with van der Waals surface area (Å²) in [5.41, 5.74) is -0.280. The number of hydrogen-bond acceptors (Lipinski definition) is 3. The maximum atomic E-state index is 12.4. The first-order chi connectivity index (χ1) is 8.84. The van der Waals surface area contributed by atoms with Gasteiger partial charge in [0.1, 0.15) is 5.70 Å². The van der Waals surface area contributed by atoms with Gasteiger partial charge in [-0.25, -0.2) is 13.2 Å². The maximum absolute atomic E-state index is 12.4. The lowest BCUT2D eigenvalue weighted by atomic mass is 10.4. The van der Waals surface area contributed by atoms with Crippen molar-refractivity contribution in [1.82, 2.24) is 4.31 Å². The van der Waals surface area contributed by atoms with Crippen LogP contribution in [0.4, 0.5) is 0 Å². The van der Waals surface area contributed by atoms with E-state index in [9.17, 15) is 13.2 Å². The number of hydrogen-bond donors (Lipinski definition) is 1. The van der Waals surface area contributed by atoms with Crippen LogP contribution in [0.25, 0.3) is 0 Å². The van der Waals surface area contributed by atoms with Crippen LogP contribution < -0.4 is 0 Å². The van der Waals surface area contributed by atoms with E-state index in [1.165, 1.54) is 37.3 Å². The summed E-state index contributed by atoms with van der Waals surface area (Å²) in [6, 6.07) is 5.57. The highest BCUT2D eigenvalue weighted by Crippen LogP contribution is 2.21. The molecule has 104 valence electrons. The van der Waals surface area contributed by atoms with Crippen LogP contribution in [0.5, 0.6) is 0 Å². The lowest BCUT2D eigenvalue weighted by Crippen LogP contribution is -2.33. The number of likely N-dealkylation sites (N-methyl/N-ethyl adjacent to an activating group) is 1. The predicted molar refractivity (Wildman–Crippen MR) is 72.4 cm³/mol. The largest absolute Gasteiger partial charge is 0.477 e. The van der Waals surface area contributed by atoms with Crippen molar-refractivity contribution in [2.24, 2.45) is 0 Å². The summed E-state index contributed by atoms with van der Waals surface area (Å²) in [5.74, 6) is -1.29. The standard InChI is InChI=1S/C12H14ClNO4S/c1-3-11(12(15)16)14(4-2)19(17,18)10-7-5-9(13)6-8-10/h3,5-8H,4H2,1-2H3,(H,15,16)/b11-3-. The smallest absolute Gasteiger partial charge is 0.352 e. The summed E-state index contributed by atoms with van der Waals surface area (Å²) >= 11 is 5.70. The van der Waals surface area contributed by atoms with E-state index in [1.807, 2.05) is 0 Å². The minimum absolute atomic E-state index is 0.000602. The zero-order valence-corrected chi connectivity index (χ0v) is 12.1. The van der Waals surface area contributed by atoms with Gasteiger partial charge in [0, 0.05) is 11.6 Å². The molecule has 1 rings (SSSR count). The first-order valence-corrected chi connectivity index (χ1v) is 7.34. The second kappa shape index (κ2) is 6.08. The monoisotopic (exact) mass is 303 g/mol. The third-order valence-electron chi connectivity index (χ3n) is 2.45. The Balaban J connectivity index is 3.31. The molecule has 0 amide bonds. The van der Waals surface area contributed by atoms with Crippen LogP contribution in [0.2, 0.25) is 5.02 Å². The lowest BCUT2D eigenvalue weighted by Gasteiger charge is -2.22. The predicted octanol–water partition coefficient (Wildman–Crippen LogP) is 2.34. The van der Waals surface area contributed by atoms with Gasteiger partial charge in [-0.15, -0.1) is 0 Å². The molecule has 0 aliphatic heterocycles. The molecule has 0 heterocycles. The van der Waals surface area contributed by atoms with E-state index < -0.39 is 16.0 Å². The van der Waals surface area contributed by atoms with E-state index in [1.54, 1.807) is 6.92 Å². The highest BCUT2D eigenvalue weighted by molar-refractivity contribution is 7.89. The molecule has 0 aliphatic carbocycles. The molecule has 0 bridgehead atoms. The molecule has 0 spiro atoms. The molecular formula is C12H14ClNO4S. The van der Waals surface area contributed by atoms with Crippen LogP contribution in [0.1, 0.15) is 13.8 Å². The minimum Gasteiger partial charge on any atom is -0.477 e. The van der Waals surface area contributed by atoms with E-state index in [0.717, 1.165) is 4.31 Å². The summed E-state index contributed by atoms with van der Waals surface area (Å²) in [6.45, 7) is 3.07. The van der Waals surface area contributed by atoms with Gasteiger partial charge in [0.2, 0.25) is 0 Å². The van der Waals surface area contributed by atoms with Gasteiger partial charge in [0.05, 0.1) is 4.90 Å². The van der Waals surface area contributed by atoms with Crippen molar-refractivity contribution < 1.29 is 18.3 Å². The van der Waals surface area contributed by atoms with Crippen molar-refractivity contribution >= 4 is 27.6 Å². The molecule has 5 nitrogen and oxygen atoms in total. The molecule has 0 radical (unpaired) electrons. The Labute approximate surface area is 117 Å². The van der Waals surface area contributed by atoms with Gasteiger partial charge >= 0.3 is 5.97 Å². The first kappa shape index (κ1) is 15.5. The quantitative estimate of drug-likeness (QED) is 0.847. The fourth-order valence-electron chi connectivity index (χ4n) is 1.58. The van der Waals surface area contributed by atoms with E-state index in [0.29, 0.717) is 5.02 Å². The van der Waals surface area contributed by atoms with Gasteiger partial charge in [-0.1, -0.05) is 17.7 Å². The normalized spacial score (nSPS) is 12.3. The van der Waals surface area contributed by atoms with E-state index in [-0.39, 0.29) is 17.1 Å². The summed E-state index contributed by atoms with van der Waals surface area (Å²) in [6.07, 6.45) is 1.25. The second-order valence-electron chi connectivity index (χ2n) is 3.60. The molecule has 0 saturated heterocycles. The van der Waals surface area contributed by atoms with Crippen LogP contribution in [-0.4, -0.2) is 30.3 Å². The molecule has 0 unspecified atom stereocenters. The van der Waals surface area contributed by atoms with Crippen LogP contribution in [0.15, 0.2) is 40.9 Å². The van der Waals surface area contributed by atoms with Crippen molar-refractivity contribution in [3.8, 4) is 0 Å². The van der Waals surface area contributed by atoms with Gasteiger partial charge in [0.25, 0.3) is 10.0 Å². The highest BCUT2D eigenvalue weighted by atomic mass is 35.5. The topological polar surface area (TPSA) is 74.7 Å². The van der Waals surface area contributed by atoms with E-state index in [2.05, 4.69) is 0 Å². The van der Waals surface area contributed by atoms with Gasteiger partial charge in [0.15, 0.2) is 0 Å². The number of allylic oxidation sites excluding steroid dienone is 1. The Morgan fingerprint density at radius 1 is 1.37 bits per heavy atom. The van der Waals surface area contributed by atoms with Crippen molar-refractivity contribution in [2.45, 2.75) is 18.7 Å². The molecule has 1 aromatic rings. The zero-order valence-electron chi connectivity index (χ0n) is 10.5. The SMILES string of the molecule is C/C=C(/C(=O)O)N(CC)S(=O)(=O)c1ccc(Cl)cc1. The molecule has 0 atom stereocenters. The number of aliphatic carboxylic acids is 1. The highest BCUT2D eigenvalue weighted by Gasteiger charge is 2.28. The lowest BCUT2D eigenvalue weighted by molar-refractivity contribution is -0.133. The summed E-state index contributed by atoms with van der Waals surface area (Å²) < 4.78 is 25.6. The molecule has 0 saturated carbocycles. The van der Waals surface area contributed by atoms with Gasteiger partial charge in [-0.2, -0.15) is 0 Å². The maximum Gasteiger partial charge on any atom is 0.352 e. The number of sulfonamides is 1. The number of nitrogens with zero attached hydrogens (tertiary/aromatic N) is 1. The third kappa shape index (κ3) is 3.27. The number of carboxylic acid groups (broad SMARTS) is 1. The molecule has 1 aromatic carbocycles. The first-order valence-electron chi connectivity index (χ1n) is 5.52. The molecule has 0 fully saturated rings. The van der Waals surface area contributed by atoms with Crippen LogP contribution in [0, 0.1) is 0 Å². The van der Waals surface area contributed by atoms with Crippen molar-refractivity contribution in [3.05, 3.63) is 41.1 Å². The molecule has 7 heteroatoms. The average molecular weight is 304 g/mol. The summed E-state index contributed by atoms with van der Waals surface area (Å²) in [7, 11) is -3.90. The van der Waals surface area contributed by atoms with Crippen molar-refractivity contribution in [2.75, 3.05) is 6.54 Å². The van der Waals surface area contributed by atoms with E-state index in [4.69, 9.17) is 16.7 Å². The Hall–Kier alpha value is -1.53. The van der Waals surface area contributed by atoms with Gasteiger partial charge < -0.3 is 5.11 Å². The van der Waals surface area contributed by atoms with Gasteiger partial charge in [-0.3, -0.25) is 4.31 Å².